The Labute approximate surface area is 79.1 Å². The van der Waals surface area contributed by atoms with E-state index in [1.165, 1.54) is 0 Å². The summed E-state index contributed by atoms with van der Waals surface area (Å²) in [5.41, 5.74) is 0. The number of hydrogen-bond donors (Lipinski definition) is 0. The summed E-state index contributed by atoms with van der Waals surface area (Å²) >= 11 is 1.64. The molecule has 0 radical (unpaired) electrons. The second-order valence-electron chi connectivity index (χ2n) is 3.21. The van der Waals surface area contributed by atoms with Crippen LogP contribution in [0.25, 0.3) is 0 Å². The van der Waals surface area contributed by atoms with Crippen LogP contribution in [0.15, 0.2) is 0 Å². The molecule has 5 heteroatoms. The molecule has 1 saturated heterocycles. The lowest BCUT2D eigenvalue weighted by molar-refractivity contribution is -0.172. The number of thioether (sulfide) groups is 1. The Kier molecular flexibility index (Phi) is 3.64. The van der Waals surface area contributed by atoms with E-state index in [1.54, 1.807) is 11.8 Å². The van der Waals surface area contributed by atoms with Crippen LogP contribution in [0, 0.1) is 5.92 Å². The lowest BCUT2D eigenvalue weighted by Crippen LogP contribution is -2.26. The Morgan fingerprint density at radius 3 is 2.62 bits per heavy atom. The van der Waals surface area contributed by atoms with Gasteiger partial charge in [-0.2, -0.15) is 24.9 Å². The number of halogens is 3. The van der Waals surface area contributed by atoms with Crippen LogP contribution in [0.3, 0.4) is 0 Å². The van der Waals surface area contributed by atoms with Crippen LogP contribution in [0.4, 0.5) is 13.2 Å². The molecule has 1 rings (SSSR count). The lowest BCUT2D eigenvalue weighted by atomic mass is 9.99. The maximum atomic E-state index is 11.8. The number of carbonyl (C=O) groups excluding carboxylic acids is 1. The molecule has 1 unspecified atom stereocenters. The van der Waals surface area contributed by atoms with Gasteiger partial charge in [0.25, 0.3) is 0 Å². The quantitative estimate of drug-likeness (QED) is 0.700. The molecule has 0 N–H and O–H groups in total. The highest BCUT2D eigenvalue weighted by Crippen LogP contribution is 2.28. The van der Waals surface area contributed by atoms with Crippen molar-refractivity contribution in [3.8, 4) is 0 Å². The zero-order valence-electron chi connectivity index (χ0n) is 7.06. The number of carbonyl (C=O) groups is 1. The molecule has 0 aliphatic carbocycles. The van der Waals surface area contributed by atoms with Gasteiger partial charge in [-0.15, -0.1) is 0 Å². The predicted molar refractivity (Wildman–Crippen MR) is 45.7 cm³/mol. The van der Waals surface area contributed by atoms with Crippen molar-refractivity contribution in [2.75, 3.05) is 11.5 Å². The summed E-state index contributed by atoms with van der Waals surface area (Å²) in [6.07, 6.45) is -3.27. The number of rotatable bonds is 2. The molecule has 1 aliphatic rings. The Morgan fingerprint density at radius 2 is 2.15 bits per heavy atom. The smallest absolute Gasteiger partial charge is 0.290 e. The van der Waals surface area contributed by atoms with Gasteiger partial charge >= 0.3 is 6.18 Å². The summed E-state index contributed by atoms with van der Waals surface area (Å²) in [5.74, 6) is 0.0753. The van der Waals surface area contributed by atoms with E-state index >= 15 is 0 Å². The minimum atomic E-state index is -4.64. The van der Waals surface area contributed by atoms with Crippen molar-refractivity contribution in [1.82, 2.24) is 0 Å². The van der Waals surface area contributed by atoms with Gasteiger partial charge in [0.1, 0.15) is 0 Å². The molecule has 1 fully saturated rings. The third-order valence-corrected chi connectivity index (χ3v) is 3.33. The lowest BCUT2D eigenvalue weighted by Gasteiger charge is -2.20. The van der Waals surface area contributed by atoms with E-state index in [0.29, 0.717) is 5.75 Å². The fourth-order valence-corrected chi connectivity index (χ4v) is 2.50. The first-order valence-corrected chi connectivity index (χ1v) is 5.33. The van der Waals surface area contributed by atoms with E-state index in [9.17, 15) is 18.0 Å². The first kappa shape index (κ1) is 10.9. The van der Waals surface area contributed by atoms with Crippen molar-refractivity contribution in [1.29, 1.82) is 0 Å². The van der Waals surface area contributed by atoms with E-state index in [-0.39, 0.29) is 12.3 Å². The zero-order valence-corrected chi connectivity index (χ0v) is 7.88. The van der Waals surface area contributed by atoms with Gasteiger partial charge in [-0.05, 0) is 30.3 Å². The van der Waals surface area contributed by atoms with Crippen molar-refractivity contribution in [2.24, 2.45) is 5.92 Å². The normalized spacial score (nSPS) is 24.4. The average molecular weight is 212 g/mol. The molecular weight excluding hydrogens is 201 g/mol. The molecule has 1 nitrogen and oxygen atoms in total. The molecule has 1 atom stereocenters. The van der Waals surface area contributed by atoms with Crippen LogP contribution in [0.2, 0.25) is 0 Å². The Hall–Kier alpha value is -0.190. The highest BCUT2D eigenvalue weighted by molar-refractivity contribution is 7.99. The largest absolute Gasteiger partial charge is 0.449 e. The van der Waals surface area contributed by atoms with E-state index < -0.39 is 12.0 Å². The van der Waals surface area contributed by atoms with Crippen LogP contribution in [0.5, 0.6) is 0 Å². The molecule has 1 aliphatic heterocycles. The molecule has 0 aromatic heterocycles. The Morgan fingerprint density at radius 1 is 1.46 bits per heavy atom. The number of hydrogen-bond acceptors (Lipinski definition) is 2. The number of Topliss-reactive ketones (excluding diaryl/α,β-unsaturated/α-hetero) is 1. The average Bonchev–Trinajstić information content (AvgIpc) is 2.04. The van der Waals surface area contributed by atoms with Gasteiger partial charge in [-0.1, -0.05) is 0 Å². The van der Waals surface area contributed by atoms with Gasteiger partial charge in [0.05, 0.1) is 0 Å². The second-order valence-corrected chi connectivity index (χ2v) is 4.36. The fraction of sp³-hybridized carbons (Fsp3) is 0.875. The minimum absolute atomic E-state index is 0.0622. The summed E-state index contributed by atoms with van der Waals surface area (Å²) < 4.78 is 35.5. The third kappa shape index (κ3) is 3.58. The number of alkyl halides is 3. The monoisotopic (exact) mass is 212 g/mol. The molecule has 76 valence electrons. The Bertz CT molecular complexity index is 184. The second kappa shape index (κ2) is 4.35. The summed E-state index contributed by atoms with van der Waals surface area (Å²) in [6.45, 7) is 0. The molecular formula is C8H11F3OS. The predicted octanol–water partition coefficient (Wildman–Crippen LogP) is 2.65. The molecule has 0 aromatic carbocycles. The van der Waals surface area contributed by atoms with Crippen LogP contribution in [-0.2, 0) is 4.79 Å². The first-order valence-electron chi connectivity index (χ1n) is 4.18. The standard InChI is InChI=1S/C8H11F3OS/c9-8(10,11)7(12)4-6-2-1-3-13-5-6/h6H,1-5H2. The number of ketones is 1. The molecule has 1 heterocycles. The molecule has 0 saturated carbocycles. The SMILES string of the molecule is O=C(CC1CCCSC1)C(F)(F)F. The fourth-order valence-electron chi connectivity index (χ4n) is 1.35. The molecule has 13 heavy (non-hydrogen) atoms. The van der Waals surface area contributed by atoms with Crippen molar-refractivity contribution < 1.29 is 18.0 Å². The van der Waals surface area contributed by atoms with Crippen LogP contribution >= 0.6 is 11.8 Å². The van der Waals surface area contributed by atoms with Crippen molar-refractivity contribution in [3.05, 3.63) is 0 Å². The molecule has 0 bridgehead atoms. The van der Waals surface area contributed by atoms with Crippen LogP contribution in [0.1, 0.15) is 19.3 Å². The Balaban J connectivity index is 2.35. The van der Waals surface area contributed by atoms with E-state index in [4.69, 9.17) is 0 Å². The van der Waals surface area contributed by atoms with Gasteiger partial charge in [0, 0.05) is 6.42 Å². The maximum absolute atomic E-state index is 11.8. The van der Waals surface area contributed by atoms with E-state index in [1.807, 2.05) is 0 Å². The topological polar surface area (TPSA) is 17.1 Å². The molecule has 0 amide bonds. The van der Waals surface area contributed by atoms with Crippen molar-refractivity contribution in [2.45, 2.75) is 25.4 Å². The first-order chi connectivity index (χ1) is 6.00. The van der Waals surface area contributed by atoms with Crippen molar-refractivity contribution in [3.63, 3.8) is 0 Å². The van der Waals surface area contributed by atoms with E-state index in [2.05, 4.69) is 0 Å². The zero-order chi connectivity index (χ0) is 9.90. The summed E-state index contributed by atoms with van der Waals surface area (Å²) in [6, 6.07) is 0. The molecule has 0 spiro atoms. The van der Waals surface area contributed by atoms with Gasteiger partial charge in [-0.25, -0.2) is 0 Å². The van der Waals surface area contributed by atoms with Crippen LogP contribution in [-0.4, -0.2) is 23.5 Å². The van der Waals surface area contributed by atoms with E-state index in [0.717, 1.165) is 18.6 Å². The highest BCUT2D eigenvalue weighted by Gasteiger charge is 2.39. The summed E-state index contributed by atoms with van der Waals surface area (Å²) in [7, 11) is 0. The van der Waals surface area contributed by atoms with Gasteiger partial charge < -0.3 is 0 Å². The third-order valence-electron chi connectivity index (χ3n) is 2.04. The highest BCUT2D eigenvalue weighted by atomic mass is 32.2. The summed E-state index contributed by atoms with van der Waals surface area (Å²) in [4.78, 5) is 10.6. The van der Waals surface area contributed by atoms with Crippen LogP contribution < -0.4 is 0 Å². The van der Waals surface area contributed by atoms with Gasteiger partial charge in [0.15, 0.2) is 0 Å². The van der Waals surface area contributed by atoms with Crippen molar-refractivity contribution >= 4 is 17.5 Å². The maximum Gasteiger partial charge on any atom is 0.449 e. The summed E-state index contributed by atoms with van der Waals surface area (Å²) in [5, 5.41) is 0. The van der Waals surface area contributed by atoms with Gasteiger partial charge in [0.2, 0.25) is 5.78 Å². The molecule has 0 aromatic rings. The van der Waals surface area contributed by atoms with Gasteiger partial charge in [-0.3, -0.25) is 4.79 Å². The minimum Gasteiger partial charge on any atom is -0.290 e.